The maximum atomic E-state index is 13.1. The molecule has 0 aliphatic carbocycles. The van der Waals surface area contributed by atoms with Crippen molar-refractivity contribution in [2.24, 2.45) is 0 Å². The van der Waals surface area contributed by atoms with Gasteiger partial charge in [-0.1, -0.05) is 33.5 Å². The lowest BCUT2D eigenvalue weighted by atomic mass is 10.1. The Hall–Kier alpha value is -1.08. The van der Waals surface area contributed by atoms with Gasteiger partial charge in [-0.3, -0.25) is 4.98 Å². The lowest BCUT2D eigenvalue weighted by Gasteiger charge is -2.12. The molecule has 0 radical (unpaired) electrons. The topological polar surface area (TPSA) is 12.9 Å². The number of halogens is 2. The van der Waals surface area contributed by atoms with Gasteiger partial charge in [0, 0.05) is 11.6 Å². The Morgan fingerprint density at radius 3 is 2.57 bits per heavy atom. The van der Waals surface area contributed by atoms with Gasteiger partial charge >= 0.3 is 0 Å². The van der Waals surface area contributed by atoms with Crippen LogP contribution in [-0.2, 0) is 5.66 Å². The number of fused-ring (bicyclic) bond motifs is 1. The van der Waals surface area contributed by atoms with E-state index in [0.717, 1.165) is 5.39 Å². The van der Waals surface area contributed by atoms with Crippen LogP contribution in [0.4, 0.5) is 8.78 Å². The van der Waals surface area contributed by atoms with E-state index in [1.165, 1.54) is 21.5 Å². The van der Waals surface area contributed by atoms with E-state index >= 15 is 0 Å². The summed E-state index contributed by atoms with van der Waals surface area (Å²) in [7, 11) is 1.53. The molecule has 1 aromatic heterocycles. The van der Waals surface area contributed by atoms with E-state index < -0.39 is 5.66 Å². The van der Waals surface area contributed by atoms with Gasteiger partial charge in [-0.15, -0.1) is 0 Å². The van der Waals surface area contributed by atoms with E-state index in [-0.39, 0.29) is 5.56 Å². The number of aromatic nitrogens is 1. The van der Waals surface area contributed by atoms with E-state index in [0.29, 0.717) is 5.52 Å². The number of nitrogens with zero attached hydrogens (tertiary/aromatic N) is 1. The van der Waals surface area contributed by atoms with Crippen LogP contribution in [0.1, 0.15) is 5.56 Å². The molecule has 0 saturated carbocycles. The molecule has 2 aromatic rings. The highest BCUT2D eigenvalue weighted by Gasteiger charge is 2.26. The molecule has 4 heteroatoms. The van der Waals surface area contributed by atoms with Crippen molar-refractivity contribution < 1.29 is 8.78 Å². The second kappa shape index (κ2) is 3.25. The van der Waals surface area contributed by atoms with Crippen molar-refractivity contribution in [2.45, 2.75) is 5.66 Å². The predicted octanol–water partition coefficient (Wildman–Crippen LogP) is 3.16. The first-order valence-corrected chi connectivity index (χ1v) is 4.68. The van der Waals surface area contributed by atoms with Crippen LogP contribution in [0.3, 0.4) is 0 Å². The van der Waals surface area contributed by atoms with Gasteiger partial charge in [-0.2, -0.15) is 8.78 Å². The molecule has 0 N–H and O–H groups in total. The Balaban J connectivity index is 2.78. The van der Waals surface area contributed by atoms with E-state index in [1.54, 1.807) is 24.3 Å². The molecule has 1 atom stereocenters. The summed E-state index contributed by atoms with van der Waals surface area (Å²) in [6.45, 7) is 0. The number of benzene rings is 1. The summed E-state index contributed by atoms with van der Waals surface area (Å²) in [5, 5.41) is 0.729. The minimum absolute atomic E-state index is 0.0550. The first kappa shape index (κ1) is 9.47. The molecule has 14 heavy (non-hydrogen) atoms. The standard InChI is InChI=1S/C10H8F2NP/c11-10(12,14)8-5-1-3-7-4-2-6-13-9(7)8/h1-6H,14H2. The molecule has 0 amide bonds. The van der Waals surface area contributed by atoms with Gasteiger partial charge < -0.3 is 0 Å². The fourth-order valence-electron chi connectivity index (χ4n) is 1.37. The molecule has 72 valence electrons. The Kier molecular flexibility index (Phi) is 2.20. The van der Waals surface area contributed by atoms with Crippen molar-refractivity contribution in [1.82, 2.24) is 4.98 Å². The lowest BCUT2D eigenvalue weighted by molar-refractivity contribution is 0.105. The Bertz CT molecular complexity index is 460. The van der Waals surface area contributed by atoms with E-state index in [2.05, 4.69) is 4.98 Å². The molecule has 0 saturated heterocycles. The first-order chi connectivity index (χ1) is 6.59. The maximum Gasteiger partial charge on any atom is 0.285 e. The average Bonchev–Trinajstić information content (AvgIpc) is 2.15. The van der Waals surface area contributed by atoms with Crippen LogP contribution >= 0.6 is 9.24 Å². The van der Waals surface area contributed by atoms with E-state index in [4.69, 9.17) is 0 Å². The minimum atomic E-state index is -2.92. The summed E-state index contributed by atoms with van der Waals surface area (Å²) in [5.74, 6) is 0. The summed E-state index contributed by atoms with van der Waals surface area (Å²) in [4.78, 5) is 3.95. The van der Waals surface area contributed by atoms with Crippen molar-refractivity contribution in [3.8, 4) is 0 Å². The van der Waals surface area contributed by atoms with Crippen LogP contribution in [0, 0.1) is 0 Å². The average molecular weight is 211 g/mol. The quantitative estimate of drug-likeness (QED) is 0.660. The van der Waals surface area contributed by atoms with Gasteiger partial charge in [0.25, 0.3) is 5.66 Å². The second-order valence-electron chi connectivity index (χ2n) is 3.00. The number of pyridine rings is 1. The Morgan fingerprint density at radius 1 is 1.14 bits per heavy atom. The summed E-state index contributed by atoms with van der Waals surface area (Å²) >= 11 is 0. The van der Waals surface area contributed by atoms with Crippen molar-refractivity contribution in [1.29, 1.82) is 0 Å². The Labute approximate surface area is 82.4 Å². The Morgan fingerprint density at radius 2 is 1.86 bits per heavy atom. The van der Waals surface area contributed by atoms with E-state index in [9.17, 15) is 8.78 Å². The fraction of sp³-hybridized carbons (Fsp3) is 0.100. The third-order valence-electron chi connectivity index (χ3n) is 1.99. The summed E-state index contributed by atoms with van der Waals surface area (Å²) < 4.78 is 26.2. The molecule has 1 heterocycles. The van der Waals surface area contributed by atoms with Gasteiger partial charge in [-0.25, -0.2) is 0 Å². The number of alkyl halides is 2. The molecule has 0 fully saturated rings. The monoisotopic (exact) mass is 211 g/mol. The van der Waals surface area contributed by atoms with Crippen molar-refractivity contribution >= 4 is 20.1 Å². The fourth-order valence-corrected chi connectivity index (χ4v) is 1.61. The third kappa shape index (κ3) is 1.60. The lowest BCUT2D eigenvalue weighted by Crippen LogP contribution is -2.03. The molecule has 0 bridgehead atoms. The second-order valence-corrected chi connectivity index (χ2v) is 3.73. The van der Waals surface area contributed by atoms with Crippen LogP contribution in [-0.4, -0.2) is 4.98 Å². The summed E-state index contributed by atoms with van der Waals surface area (Å²) in [6, 6.07) is 8.26. The van der Waals surface area contributed by atoms with Crippen LogP contribution in [0.25, 0.3) is 10.9 Å². The van der Waals surface area contributed by atoms with Crippen LogP contribution in [0.15, 0.2) is 36.5 Å². The molecule has 2 rings (SSSR count). The number of rotatable bonds is 1. The highest BCUT2D eigenvalue weighted by molar-refractivity contribution is 7.17. The number of para-hydroxylation sites is 1. The molecule has 0 aliphatic heterocycles. The van der Waals surface area contributed by atoms with Crippen molar-refractivity contribution in [2.75, 3.05) is 0 Å². The molecule has 1 aromatic carbocycles. The molecule has 1 unspecified atom stereocenters. The zero-order valence-electron chi connectivity index (χ0n) is 7.24. The van der Waals surface area contributed by atoms with Crippen molar-refractivity contribution in [3.63, 3.8) is 0 Å². The predicted molar refractivity (Wildman–Crippen MR) is 55.3 cm³/mol. The van der Waals surface area contributed by atoms with Crippen LogP contribution in [0.5, 0.6) is 0 Å². The largest absolute Gasteiger partial charge is 0.285 e. The van der Waals surface area contributed by atoms with Crippen molar-refractivity contribution in [3.05, 3.63) is 42.1 Å². The maximum absolute atomic E-state index is 13.1. The van der Waals surface area contributed by atoms with E-state index in [1.807, 2.05) is 0 Å². The zero-order chi connectivity index (χ0) is 10.2. The van der Waals surface area contributed by atoms with Gasteiger partial charge in [0.15, 0.2) is 0 Å². The van der Waals surface area contributed by atoms with Crippen LogP contribution < -0.4 is 0 Å². The summed E-state index contributed by atoms with van der Waals surface area (Å²) in [6.07, 6.45) is 1.52. The molecular formula is C10H8F2NP. The van der Waals surface area contributed by atoms with Gasteiger partial charge in [-0.05, 0) is 6.07 Å². The van der Waals surface area contributed by atoms with Crippen LogP contribution in [0.2, 0.25) is 0 Å². The molecule has 0 spiro atoms. The number of hydrogen-bond donors (Lipinski definition) is 0. The molecular weight excluding hydrogens is 203 g/mol. The molecule has 1 nitrogen and oxygen atoms in total. The smallest absolute Gasteiger partial charge is 0.256 e. The SMILES string of the molecule is FC(F)(P)c1cccc2cccnc12. The van der Waals surface area contributed by atoms with Gasteiger partial charge in [0.2, 0.25) is 0 Å². The van der Waals surface area contributed by atoms with Gasteiger partial charge in [0.05, 0.1) is 11.1 Å². The first-order valence-electron chi connectivity index (χ1n) is 4.10. The highest BCUT2D eigenvalue weighted by Crippen LogP contribution is 2.37. The molecule has 0 aliphatic rings. The normalized spacial score (nSPS) is 11.9. The third-order valence-corrected chi connectivity index (χ3v) is 2.30. The summed E-state index contributed by atoms with van der Waals surface area (Å²) in [5.41, 5.74) is -2.62. The zero-order valence-corrected chi connectivity index (χ0v) is 8.40. The van der Waals surface area contributed by atoms with Gasteiger partial charge in [0.1, 0.15) is 0 Å². The minimum Gasteiger partial charge on any atom is -0.256 e. The number of hydrogen-bond acceptors (Lipinski definition) is 1. The highest BCUT2D eigenvalue weighted by atomic mass is 31.0.